The zero-order chi connectivity index (χ0) is 13.0. The zero-order valence-corrected chi connectivity index (χ0v) is 13.6. The van der Waals surface area contributed by atoms with Gasteiger partial charge < -0.3 is 9.47 Å². The van der Waals surface area contributed by atoms with Crippen LogP contribution in [-0.2, 0) is 16.1 Å². The highest BCUT2D eigenvalue weighted by Crippen LogP contribution is 2.33. The summed E-state index contributed by atoms with van der Waals surface area (Å²) in [4.78, 5) is 0.443. The van der Waals surface area contributed by atoms with E-state index in [9.17, 15) is 0 Å². The van der Waals surface area contributed by atoms with Crippen molar-refractivity contribution < 1.29 is 9.47 Å². The van der Waals surface area contributed by atoms with Gasteiger partial charge in [-0.15, -0.1) is 0 Å². The molecule has 0 saturated heterocycles. The number of rotatable bonds is 6. The molecule has 0 spiro atoms. The van der Waals surface area contributed by atoms with Crippen molar-refractivity contribution in [2.24, 2.45) is 0 Å². The van der Waals surface area contributed by atoms with Crippen LogP contribution in [0.25, 0.3) is 0 Å². The van der Waals surface area contributed by atoms with Gasteiger partial charge in [-0.1, -0.05) is 50.9 Å². The minimum atomic E-state index is 0.209. The molecule has 1 saturated carbocycles. The summed E-state index contributed by atoms with van der Waals surface area (Å²) in [5, 5.41) is 0. The van der Waals surface area contributed by atoms with E-state index in [-0.39, 0.29) is 12.2 Å². The number of halogens is 2. The summed E-state index contributed by atoms with van der Waals surface area (Å²) in [6.45, 7) is 3.59. The highest BCUT2D eigenvalue weighted by atomic mass is 79.9. The molecule has 4 heteroatoms. The van der Waals surface area contributed by atoms with Gasteiger partial charge in [0.15, 0.2) is 0 Å². The molecule has 2 rings (SSSR count). The second-order valence-corrected chi connectivity index (χ2v) is 6.65. The standard InChI is InChI=1S/C14H18Br2O2/c1-2-7-17-14-12(16)8-13(14)18-9-10-3-5-11(15)6-4-10/h3-6,12-14H,2,7-9H2,1H3. The highest BCUT2D eigenvalue weighted by molar-refractivity contribution is 9.10. The van der Waals surface area contributed by atoms with E-state index in [1.807, 2.05) is 12.1 Å². The topological polar surface area (TPSA) is 18.5 Å². The maximum Gasteiger partial charge on any atom is 0.0962 e. The van der Waals surface area contributed by atoms with Crippen LogP contribution in [0.2, 0.25) is 0 Å². The van der Waals surface area contributed by atoms with Crippen LogP contribution in [0.1, 0.15) is 25.3 Å². The summed E-state index contributed by atoms with van der Waals surface area (Å²) < 4.78 is 12.8. The molecule has 0 amide bonds. The summed E-state index contributed by atoms with van der Waals surface area (Å²) in [6, 6.07) is 8.24. The van der Waals surface area contributed by atoms with Crippen LogP contribution < -0.4 is 0 Å². The fourth-order valence-corrected chi connectivity index (χ4v) is 3.07. The van der Waals surface area contributed by atoms with Crippen molar-refractivity contribution in [1.82, 2.24) is 0 Å². The number of hydrogen-bond donors (Lipinski definition) is 0. The Bertz CT molecular complexity index is 367. The maximum absolute atomic E-state index is 5.91. The van der Waals surface area contributed by atoms with Crippen LogP contribution in [0, 0.1) is 0 Å². The molecule has 0 radical (unpaired) electrons. The lowest BCUT2D eigenvalue weighted by molar-refractivity contribution is -0.126. The molecule has 0 N–H and O–H groups in total. The van der Waals surface area contributed by atoms with Gasteiger partial charge in [0.1, 0.15) is 0 Å². The molecule has 3 atom stereocenters. The summed E-state index contributed by atoms with van der Waals surface area (Å²) in [6.07, 6.45) is 2.52. The van der Waals surface area contributed by atoms with E-state index in [1.165, 1.54) is 5.56 Å². The van der Waals surface area contributed by atoms with Gasteiger partial charge in [-0.05, 0) is 30.5 Å². The smallest absolute Gasteiger partial charge is 0.0962 e. The second-order valence-electron chi connectivity index (χ2n) is 4.56. The van der Waals surface area contributed by atoms with Crippen LogP contribution >= 0.6 is 31.9 Å². The SMILES string of the molecule is CCCOC1C(Br)CC1OCc1ccc(Br)cc1. The lowest BCUT2D eigenvalue weighted by atomic mass is 9.91. The quantitative estimate of drug-likeness (QED) is 0.688. The molecule has 0 aromatic heterocycles. The van der Waals surface area contributed by atoms with E-state index in [1.54, 1.807) is 0 Å². The molecule has 2 nitrogen and oxygen atoms in total. The van der Waals surface area contributed by atoms with Gasteiger partial charge in [0, 0.05) is 15.9 Å². The summed E-state index contributed by atoms with van der Waals surface area (Å²) in [5.74, 6) is 0. The molecule has 3 unspecified atom stereocenters. The number of benzene rings is 1. The third-order valence-electron chi connectivity index (χ3n) is 3.07. The van der Waals surface area contributed by atoms with Crippen molar-refractivity contribution in [3.63, 3.8) is 0 Å². The van der Waals surface area contributed by atoms with E-state index >= 15 is 0 Å². The van der Waals surface area contributed by atoms with Gasteiger partial charge in [-0.3, -0.25) is 0 Å². The predicted octanol–water partition coefficient (Wildman–Crippen LogP) is 4.30. The van der Waals surface area contributed by atoms with Gasteiger partial charge >= 0.3 is 0 Å². The van der Waals surface area contributed by atoms with Crippen molar-refractivity contribution in [2.75, 3.05) is 6.61 Å². The van der Waals surface area contributed by atoms with E-state index < -0.39 is 0 Å². The van der Waals surface area contributed by atoms with Gasteiger partial charge in [0.2, 0.25) is 0 Å². The first kappa shape index (κ1) is 14.5. The van der Waals surface area contributed by atoms with Gasteiger partial charge in [-0.2, -0.15) is 0 Å². The molecule has 18 heavy (non-hydrogen) atoms. The van der Waals surface area contributed by atoms with Crippen molar-refractivity contribution in [1.29, 1.82) is 0 Å². The van der Waals surface area contributed by atoms with Crippen LogP contribution in [0.15, 0.2) is 28.7 Å². The second kappa shape index (κ2) is 7.04. The third-order valence-corrected chi connectivity index (χ3v) is 4.50. The molecule has 1 aliphatic carbocycles. The Morgan fingerprint density at radius 3 is 2.56 bits per heavy atom. The Labute approximate surface area is 125 Å². The van der Waals surface area contributed by atoms with E-state index in [0.717, 1.165) is 23.9 Å². The van der Waals surface area contributed by atoms with Crippen molar-refractivity contribution in [2.45, 2.75) is 43.4 Å². The Kier molecular flexibility index (Phi) is 5.67. The molecule has 100 valence electrons. The van der Waals surface area contributed by atoms with Crippen molar-refractivity contribution in [3.05, 3.63) is 34.3 Å². The first-order valence-electron chi connectivity index (χ1n) is 6.32. The molecule has 1 fully saturated rings. The number of ether oxygens (including phenoxy) is 2. The largest absolute Gasteiger partial charge is 0.374 e. The average Bonchev–Trinajstić information content (AvgIpc) is 2.36. The Balaban J connectivity index is 1.78. The summed E-state index contributed by atoms with van der Waals surface area (Å²) >= 11 is 7.05. The fourth-order valence-electron chi connectivity index (χ4n) is 1.94. The molecule has 1 aliphatic rings. The summed E-state index contributed by atoms with van der Waals surface area (Å²) in [5.41, 5.74) is 1.20. The fraction of sp³-hybridized carbons (Fsp3) is 0.571. The Morgan fingerprint density at radius 2 is 1.94 bits per heavy atom. The molecule has 0 heterocycles. The van der Waals surface area contributed by atoms with Crippen LogP contribution in [0.3, 0.4) is 0 Å². The van der Waals surface area contributed by atoms with Gasteiger partial charge in [0.05, 0.1) is 18.8 Å². The van der Waals surface area contributed by atoms with Crippen molar-refractivity contribution >= 4 is 31.9 Å². The molecule has 1 aromatic carbocycles. The minimum Gasteiger partial charge on any atom is -0.374 e. The number of alkyl halides is 1. The molecule has 0 bridgehead atoms. The highest BCUT2D eigenvalue weighted by Gasteiger charge is 2.41. The first-order valence-corrected chi connectivity index (χ1v) is 8.03. The maximum atomic E-state index is 5.91. The third kappa shape index (κ3) is 3.80. The molecule has 0 aliphatic heterocycles. The van der Waals surface area contributed by atoms with Gasteiger partial charge in [-0.25, -0.2) is 0 Å². The zero-order valence-electron chi connectivity index (χ0n) is 10.4. The lowest BCUT2D eigenvalue weighted by Crippen LogP contribution is -2.50. The first-order chi connectivity index (χ1) is 8.70. The normalized spacial score (nSPS) is 26.9. The molecular formula is C14H18Br2O2. The van der Waals surface area contributed by atoms with E-state index in [2.05, 4.69) is 50.9 Å². The van der Waals surface area contributed by atoms with Crippen LogP contribution in [0.5, 0.6) is 0 Å². The predicted molar refractivity (Wildman–Crippen MR) is 80.1 cm³/mol. The summed E-state index contributed by atoms with van der Waals surface area (Å²) in [7, 11) is 0. The average molecular weight is 378 g/mol. The van der Waals surface area contributed by atoms with E-state index in [0.29, 0.717) is 11.4 Å². The van der Waals surface area contributed by atoms with Gasteiger partial charge in [0.25, 0.3) is 0 Å². The lowest BCUT2D eigenvalue weighted by Gasteiger charge is -2.40. The van der Waals surface area contributed by atoms with Crippen LogP contribution in [0.4, 0.5) is 0 Å². The molecular weight excluding hydrogens is 360 g/mol. The Hall–Kier alpha value is 0.100. The molecule has 1 aromatic rings. The monoisotopic (exact) mass is 376 g/mol. The van der Waals surface area contributed by atoms with E-state index in [4.69, 9.17) is 9.47 Å². The minimum absolute atomic E-state index is 0.209. The number of hydrogen-bond acceptors (Lipinski definition) is 2. The van der Waals surface area contributed by atoms with Crippen LogP contribution in [-0.4, -0.2) is 23.6 Å². The Morgan fingerprint density at radius 1 is 1.22 bits per heavy atom. The van der Waals surface area contributed by atoms with Crippen molar-refractivity contribution in [3.8, 4) is 0 Å².